The number of hydrogen-bond acceptors (Lipinski definition) is 12. The molecule has 135 heavy (non-hydrogen) atoms. The van der Waals surface area contributed by atoms with Crippen LogP contribution in [0.15, 0.2) is 350 Å². The van der Waals surface area contributed by atoms with Crippen LogP contribution in [0.25, 0.3) is 0 Å². The molecule has 4 bridgehead atoms. The Balaban J connectivity index is 0.000000175. The van der Waals surface area contributed by atoms with Crippen LogP contribution in [-0.2, 0) is 77.0 Å². The van der Waals surface area contributed by atoms with Crippen molar-refractivity contribution >= 4 is 67.5 Å². The molecule has 0 aromatic heterocycles. The number of carbonyl (C=O) groups excluding carboxylic acids is 4. The number of halogens is 7. The van der Waals surface area contributed by atoms with Gasteiger partial charge in [-0.1, -0.05) is 153 Å². The van der Waals surface area contributed by atoms with E-state index in [1.807, 2.05) is 163 Å². The van der Waals surface area contributed by atoms with Crippen LogP contribution in [0.2, 0.25) is 0 Å². The highest BCUT2D eigenvalue weighted by atomic mass is 32.2. The maximum absolute atomic E-state index is 13.8. The molecule has 23 heteroatoms. The van der Waals surface area contributed by atoms with Gasteiger partial charge in [0.2, 0.25) is 0 Å². The van der Waals surface area contributed by atoms with Crippen molar-refractivity contribution < 1.29 is 83.1 Å². The summed E-state index contributed by atoms with van der Waals surface area (Å²) in [5.41, 5.74) is 7.16. The van der Waals surface area contributed by atoms with Crippen LogP contribution >= 0.6 is 0 Å². The average Bonchev–Trinajstić information content (AvgIpc) is 0.730. The molecule has 0 unspecified atom stereocenters. The summed E-state index contributed by atoms with van der Waals surface area (Å²) in [7, 11) is 3.13. The highest BCUT2D eigenvalue weighted by Gasteiger charge is 2.62. The lowest BCUT2D eigenvalue weighted by Crippen LogP contribution is -2.58. The zero-order chi connectivity index (χ0) is 95.9. The Hall–Kier alpha value is -11.2. The monoisotopic (exact) mass is 1920 g/mol. The summed E-state index contributed by atoms with van der Waals surface area (Å²) in [6, 6.07) is 100. The van der Waals surface area contributed by atoms with Gasteiger partial charge in [-0.05, 0) is 287 Å². The lowest BCUT2D eigenvalue weighted by atomic mass is 9.50. The molecule has 0 amide bonds. The minimum Gasteiger partial charge on any atom is -0.493 e. The molecule has 0 heterocycles. The van der Waals surface area contributed by atoms with Gasteiger partial charge in [-0.3, -0.25) is 4.79 Å². The molecule has 0 aliphatic heterocycles. The zero-order valence-electron chi connectivity index (χ0n) is 77.8. The Bertz CT molecular complexity index is 5580. The molecule has 4 fully saturated rings. The number of benzene rings is 12. The Labute approximate surface area is 802 Å². The van der Waals surface area contributed by atoms with E-state index >= 15 is 0 Å². The molecule has 16 rings (SSSR count). The standard InChI is InChI=1S/C35H39O5S.C27H26F7OS.C25H30NOS.C24H23O4S.CH4/c1-23-14-31(41(29-10-6-4-7-11-29)30-12-8-5-9-13-30)15-24(2)34(23)39-21-32(36)38-22-33(37)40-35(3)27-17-25-16-26(19-27)20-28(35)18-25;1-19-16-23(36(21-10-5-3-6-11-21)22-12-7-4-8-13-22)17-20(2)24(19)35-15-9-14-25(28,29)18-26(30,31)27(32,33)34;1-20-18-24(19-21(2)25(20)27-17-11-16-26(3)4)28(22-12-7-5-8-13-22)23-14-9-6-10-15-23;1-17-14-22(15-18(2)24(17)28-23(26)16-27-19(3)25)29(20-10-6-4-7-11-20)21-12-8-5-9-13-21;/h4-15,25-28H,16-22H2,1-3H3;3-8,10-13,16-17H,9,14-15,18H2,1-2H3;5-10,12-15,18-19H,11,16-17H2,1-4H3;4-15H,16H2,1-3H3;1H4/q4*+1;. The molecule has 0 spiro atoms. The zero-order valence-corrected chi connectivity index (χ0v) is 81.1. The van der Waals surface area contributed by atoms with Gasteiger partial charge in [-0.25, -0.2) is 23.2 Å². The average molecular weight is 1920 g/mol. The fraction of sp³-hybridized carbons (Fsp3) is 0.321. The van der Waals surface area contributed by atoms with E-state index in [0.717, 1.165) is 116 Å². The normalized spacial score (nSPS) is 15.9. The van der Waals surface area contributed by atoms with Crippen molar-refractivity contribution in [2.45, 2.75) is 217 Å². The predicted molar refractivity (Wildman–Crippen MR) is 525 cm³/mol. The molecule has 4 saturated carbocycles. The van der Waals surface area contributed by atoms with Crippen LogP contribution in [0.4, 0.5) is 30.7 Å². The molecule has 710 valence electrons. The lowest BCUT2D eigenvalue weighted by Gasteiger charge is -2.59. The first kappa shape index (κ1) is 104. The largest absolute Gasteiger partial charge is 0.493 e. The van der Waals surface area contributed by atoms with Crippen molar-refractivity contribution in [3.8, 4) is 23.0 Å². The smallest absolute Gasteiger partial charge is 0.453 e. The van der Waals surface area contributed by atoms with Crippen molar-refractivity contribution in [2.24, 2.45) is 23.7 Å². The number of nitrogens with zero attached hydrogens (tertiary/aromatic N) is 1. The van der Waals surface area contributed by atoms with E-state index in [2.05, 4.69) is 210 Å². The fourth-order valence-corrected chi connectivity index (χ4v) is 26.9. The van der Waals surface area contributed by atoms with Gasteiger partial charge in [-0.2, -0.15) is 22.0 Å². The maximum atomic E-state index is 13.8. The molecular formula is C112H122F7NO11S4+4. The van der Waals surface area contributed by atoms with Gasteiger partial charge in [-0.15, -0.1) is 0 Å². The van der Waals surface area contributed by atoms with Crippen molar-refractivity contribution in [3.63, 3.8) is 0 Å². The van der Waals surface area contributed by atoms with Crippen molar-refractivity contribution in [3.05, 3.63) is 336 Å². The molecule has 0 atom stereocenters. The Morgan fingerprint density at radius 1 is 0.356 bits per heavy atom. The molecule has 0 saturated heterocycles. The van der Waals surface area contributed by atoms with Gasteiger partial charge in [0.1, 0.15) is 28.6 Å². The van der Waals surface area contributed by atoms with Gasteiger partial charge in [0.25, 0.3) is 5.92 Å². The molecular weight excluding hydrogens is 1800 g/mol. The highest BCUT2D eigenvalue weighted by Crippen LogP contribution is 2.60. The van der Waals surface area contributed by atoms with E-state index in [-0.39, 0.29) is 66.4 Å². The Kier molecular flexibility index (Phi) is 37.5. The fourth-order valence-electron chi connectivity index (χ4n) is 17.8. The summed E-state index contributed by atoms with van der Waals surface area (Å²) in [5, 5.41) is 0. The van der Waals surface area contributed by atoms with Crippen LogP contribution in [0, 0.1) is 79.1 Å². The second kappa shape index (κ2) is 48.5. The number of carbonyl (C=O) groups is 4. The van der Waals surface area contributed by atoms with E-state index in [1.165, 1.54) is 63.6 Å². The second-order valence-corrected chi connectivity index (χ2v) is 42.7. The minimum absolute atomic E-state index is 0. The molecule has 12 aromatic carbocycles. The van der Waals surface area contributed by atoms with Gasteiger partial charge in [0.05, 0.1) is 63.2 Å². The first-order chi connectivity index (χ1) is 64.1. The molecule has 0 N–H and O–H groups in total. The second-order valence-electron chi connectivity index (χ2n) is 34.6. The topological polar surface area (TPSA) is 136 Å². The quantitative estimate of drug-likeness (QED) is 0.00967. The van der Waals surface area contributed by atoms with E-state index < -0.39 is 77.8 Å². The maximum Gasteiger partial charge on any atom is 0.453 e. The third-order valence-corrected chi connectivity index (χ3v) is 32.5. The van der Waals surface area contributed by atoms with Crippen LogP contribution < -0.4 is 18.9 Å². The Morgan fingerprint density at radius 2 is 0.630 bits per heavy atom. The predicted octanol–water partition coefficient (Wildman–Crippen LogP) is 27.1. The van der Waals surface area contributed by atoms with Crippen LogP contribution in [0.3, 0.4) is 0 Å². The van der Waals surface area contributed by atoms with Gasteiger partial charge >= 0.3 is 36.0 Å². The number of rotatable bonds is 33. The summed E-state index contributed by atoms with van der Waals surface area (Å²) in [6.45, 7) is 19.7. The van der Waals surface area contributed by atoms with Gasteiger partial charge in [0, 0.05) is 68.4 Å². The Morgan fingerprint density at radius 3 is 0.911 bits per heavy atom. The number of esters is 4. The van der Waals surface area contributed by atoms with Gasteiger partial charge < -0.3 is 38.1 Å². The van der Waals surface area contributed by atoms with E-state index in [4.69, 9.17) is 33.2 Å². The van der Waals surface area contributed by atoms with E-state index in [0.29, 0.717) is 29.1 Å². The van der Waals surface area contributed by atoms with Crippen LogP contribution in [0.5, 0.6) is 23.0 Å². The first-order valence-corrected chi connectivity index (χ1v) is 49.9. The number of aryl methyl sites for hydroxylation is 8. The minimum atomic E-state index is -6.01. The summed E-state index contributed by atoms with van der Waals surface area (Å²) in [6.07, 6.45) is -3.11. The summed E-state index contributed by atoms with van der Waals surface area (Å²) in [4.78, 5) is 64.9. The van der Waals surface area contributed by atoms with E-state index in [1.54, 1.807) is 0 Å². The highest BCUT2D eigenvalue weighted by molar-refractivity contribution is 7.98. The first-order valence-electron chi connectivity index (χ1n) is 45.0. The third-order valence-electron chi connectivity index (χ3n) is 23.7. The lowest BCUT2D eigenvalue weighted by molar-refractivity contribution is -0.301. The van der Waals surface area contributed by atoms with Crippen LogP contribution in [0.1, 0.15) is 124 Å². The van der Waals surface area contributed by atoms with Crippen molar-refractivity contribution in [1.82, 2.24) is 4.90 Å². The van der Waals surface area contributed by atoms with Crippen LogP contribution in [-0.4, -0.2) is 106 Å². The van der Waals surface area contributed by atoms with Gasteiger partial charge in [0.15, 0.2) is 78.6 Å². The molecule has 0 radical (unpaired) electrons. The molecule has 4 aliphatic carbocycles. The van der Waals surface area contributed by atoms with Crippen molar-refractivity contribution in [2.75, 3.05) is 53.7 Å². The molecule has 12 nitrogen and oxygen atoms in total. The summed E-state index contributed by atoms with van der Waals surface area (Å²) in [5.74, 6) is -6.62. The number of alkyl halides is 7. The third kappa shape index (κ3) is 28.5. The van der Waals surface area contributed by atoms with E-state index in [9.17, 15) is 49.9 Å². The SMILES string of the molecule is C.CC(=O)OCC(=O)Oc1c(C)cc([S+](c2ccccc2)c2ccccc2)cc1C.Cc1cc([S+](c2ccccc2)c2ccccc2)cc(C)c1OCC(=O)OCC(=O)OC1(C)C2CC3CC(C2)CC1C3.Cc1cc([S+](c2ccccc2)c2ccccc2)cc(C)c1OCCCC(F)(F)CC(F)(F)C(F)(F)F.Cc1cc([S+](c2ccccc2)c2ccccc2)cc(C)c1OCCCN(C)C. The van der Waals surface area contributed by atoms with Crippen molar-refractivity contribution in [1.29, 1.82) is 0 Å². The molecule has 12 aromatic rings. The molecule has 4 aliphatic rings. The summed E-state index contributed by atoms with van der Waals surface area (Å²) < 4.78 is 130. The number of hydrogen-bond donors (Lipinski definition) is 0. The number of ether oxygens (including phenoxy) is 7. The summed E-state index contributed by atoms with van der Waals surface area (Å²) >= 11 is 0.